The van der Waals surface area contributed by atoms with Crippen LogP contribution < -0.4 is 15.8 Å². The van der Waals surface area contributed by atoms with Crippen molar-refractivity contribution in [1.29, 1.82) is 0 Å². The topological polar surface area (TPSA) is 110 Å². The van der Waals surface area contributed by atoms with E-state index >= 15 is 0 Å². The summed E-state index contributed by atoms with van der Waals surface area (Å²) in [5.41, 5.74) is 7.07. The molecule has 0 spiro atoms. The summed E-state index contributed by atoms with van der Waals surface area (Å²) in [6.07, 6.45) is 1.08. The van der Waals surface area contributed by atoms with Gasteiger partial charge in [-0.25, -0.2) is 14.8 Å². The third-order valence-electron chi connectivity index (χ3n) is 3.53. The number of aromatic nitrogens is 2. The van der Waals surface area contributed by atoms with Gasteiger partial charge in [-0.3, -0.25) is 5.32 Å². The van der Waals surface area contributed by atoms with Crippen LogP contribution in [0.25, 0.3) is 11.3 Å². The second-order valence-corrected chi connectivity index (χ2v) is 7.29. The van der Waals surface area contributed by atoms with Crippen molar-refractivity contribution in [1.82, 2.24) is 9.97 Å². The molecule has 0 fully saturated rings. The number of hydrogen-bond donors (Lipinski definition) is 3. The second-order valence-electron chi connectivity index (χ2n) is 6.88. The van der Waals surface area contributed by atoms with Crippen molar-refractivity contribution in [2.45, 2.75) is 32.7 Å². The maximum atomic E-state index is 10.7. The molecule has 0 bridgehead atoms. The van der Waals surface area contributed by atoms with Gasteiger partial charge in [0, 0.05) is 17.3 Å². The number of nitrogens with one attached hydrogen (secondary N) is 1. The molecule has 1 unspecified atom stereocenters. The van der Waals surface area contributed by atoms with E-state index in [0.717, 1.165) is 12.0 Å². The molecular formula is C18H23ClN4O3. The van der Waals surface area contributed by atoms with E-state index in [9.17, 15) is 4.79 Å². The molecule has 0 aliphatic heterocycles. The maximum absolute atomic E-state index is 10.7. The number of hydrogen-bond acceptors (Lipinski definition) is 5. The van der Waals surface area contributed by atoms with Crippen LogP contribution in [0.2, 0.25) is 5.02 Å². The molecule has 0 aliphatic carbocycles. The molecule has 0 aliphatic rings. The Bertz CT molecular complexity index is 781. The predicted octanol–water partition coefficient (Wildman–Crippen LogP) is 4.03. The highest BCUT2D eigenvalue weighted by molar-refractivity contribution is 6.32. The lowest BCUT2D eigenvalue weighted by molar-refractivity contribution is 0.207. The van der Waals surface area contributed by atoms with Crippen molar-refractivity contribution in [3.63, 3.8) is 0 Å². The smallest absolute Gasteiger partial charge is 0.411 e. The molecule has 1 aromatic heterocycles. The van der Waals surface area contributed by atoms with Gasteiger partial charge >= 0.3 is 6.09 Å². The lowest BCUT2D eigenvalue weighted by Crippen LogP contribution is -2.43. The van der Waals surface area contributed by atoms with Crippen molar-refractivity contribution in [3.05, 3.63) is 35.5 Å². The number of carbonyl (C=O) groups is 1. The van der Waals surface area contributed by atoms with Crippen LogP contribution >= 0.6 is 11.6 Å². The maximum Gasteiger partial charge on any atom is 0.411 e. The Balaban J connectivity index is 2.13. The first-order valence-electron chi connectivity index (χ1n) is 8.21. The van der Waals surface area contributed by atoms with Crippen LogP contribution in [0.15, 0.2) is 30.5 Å². The molecule has 1 amide bonds. The monoisotopic (exact) mass is 378 g/mol. The highest BCUT2D eigenvalue weighted by Crippen LogP contribution is 2.30. The summed E-state index contributed by atoms with van der Waals surface area (Å²) >= 11 is 6.32. The zero-order valence-electron chi connectivity index (χ0n) is 15.0. The Labute approximate surface area is 157 Å². The van der Waals surface area contributed by atoms with Crippen LogP contribution in [0.1, 0.15) is 27.2 Å². The third kappa shape index (κ3) is 5.86. The average Bonchev–Trinajstić information content (AvgIpc) is 2.52. The molecule has 4 N–H and O–H groups in total. The van der Waals surface area contributed by atoms with E-state index in [1.54, 1.807) is 24.3 Å². The van der Waals surface area contributed by atoms with E-state index in [2.05, 4.69) is 29.1 Å². The van der Waals surface area contributed by atoms with Gasteiger partial charge in [0.2, 0.25) is 5.95 Å². The Kier molecular flexibility index (Phi) is 6.39. The number of nitrogens with zero attached hydrogens (tertiary/aromatic N) is 2. The molecule has 2 rings (SSSR count). The summed E-state index contributed by atoms with van der Waals surface area (Å²) in [5, 5.41) is 11.3. The zero-order valence-corrected chi connectivity index (χ0v) is 15.7. The van der Waals surface area contributed by atoms with E-state index in [4.69, 9.17) is 27.2 Å². The molecular weight excluding hydrogens is 356 g/mol. The minimum atomic E-state index is -1.23. The molecule has 0 radical (unpaired) electrons. The van der Waals surface area contributed by atoms with Crippen molar-refractivity contribution in [2.75, 3.05) is 11.9 Å². The molecule has 0 saturated heterocycles. The summed E-state index contributed by atoms with van der Waals surface area (Å²) in [4.78, 5) is 18.7. The summed E-state index contributed by atoms with van der Waals surface area (Å²) in [6.45, 7) is 6.53. The lowest BCUT2D eigenvalue weighted by Gasteiger charge is -2.26. The largest absolute Gasteiger partial charge is 0.490 e. The minimum absolute atomic E-state index is 0.000896. The number of amides is 1. The molecule has 0 saturated carbocycles. The summed E-state index contributed by atoms with van der Waals surface area (Å²) in [6, 6.07) is 6.92. The molecule has 26 heavy (non-hydrogen) atoms. The van der Waals surface area contributed by atoms with Gasteiger partial charge in [0.15, 0.2) is 0 Å². The van der Waals surface area contributed by atoms with E-state index in [-0.39, 0.29) is 5.95 Å². The molecule has 140 valence electrons. The molecule has 2 aromatic rings. The quantitative estimate of drug-likeness (QED) is 0.670. The number of ether oxygens (including phenoxy) is 1. The first-order chi connectivity index (χ1) is 12.2. The average molecular weight is 379 g/mol. The minimum Gasteiger partial charge on any atom is -0.490 e. The molecule has 1 heterocycles. The van der Waals surface area contributed by atoms with E-state index in [1.807, 2.05) is 6.92 Å². The number of rotatable bonds is 7. The first-order valence-corrected chi connectivity index (χ1v) is 8.59. The molecule has 7 nitrogen and oxygen atoms in total. The van der Waals surface area contributed by atoms with Crippen molar-refractivity contribution >= 4 is 23.6 Å². The van der Waals surface area contributed by atoms with Gasteiger partial charge < -0.3 is 15.6 Å². The SMILES string of the molecule is CC(C)CC(C)(N)COc1ccc(-c2ccnc(NC(=O)O)n2)cc1Cl. The van der Waals surface area contributed by atoms with Crippen LogP contribution in [0.4, 0.5) is 10.7 Å². The third-order valence-corrected chi connectivity index (χ3v) is 3.83. The Morgan fingerprint density at radius 2 is 2.15 bits per heavy atom. The van der Waals surface area contributed by atoms with Gasteiger partial charge in [-0.15, -0.1) is 0 Å². The first kappa shape index (κ1) is 19.9. The van der Waals surface area contributed by atoms with E-state index in [0.29, 0.717) is 29.0 Å². The fraction of sp³-hybridized carbons (Fsp3) is 0.389. The number of benzene rings is 1. The number of halogens is 1. The highest BCUT2D eigenvalue weighted by Gasteiger charge is 2.21. The highest BCUT2D eigenvalue weighted by atomic mass is 35.5. The van der Waals surface area contributed by atoms with Gasteiger partial charge in [-0.2, -0.15) is 0 Å². The summed E-state index contributed by atoms with van der Waals surface area (Å²) in [7, 11) is 0. The molecule has 1 atom stereocenters. The standard InChI is InChI=1S/C18H23ClN4O3/c1-11(2)9-18(3,20)10-26-15-5-4-12(8-13(15)19)14-6-7-21-16(22-14)23-17(24)25/h4-8,11H,9-10,20H2,1-3H3,(H,24,25)(H,21,22,23). The molecule has 8 heteroatoms. The number of anilines is 1. The fourth-order valence-electron chi connectivity index (χ4n) is 2.69. The Hall–Kier alpha value is -2.38. The fourth-order valence-corrected chi connectivity index (χ4v) is 2.92. The van der Waals surface area contributed by atoms with Crippen molar-refractivity contribution in [2.24, 2.45) is 11.7 Å². The van der Waals surface area contributed by atoms with Crippen molar-refractivity contribution < 1.29 is 14.6 Å². The normalized spacial score (nSPS) is 13.3. The predicted molar refractivity (Wildman–Crippen MR) is 102 cm³/mol. The zero-order chi connectivity index (χ0) is 19.3. The Morgan fingerprint density at radius 1 is 1.42 bits per heavy atom. The molecule has 1 aromatic carbocycles. The van der Waals surface area contributed by atoms with Crippen molar-refractivity contribution in [3.8, 4) is 17.0 Å². The van der Waals surface area contributed by atoms with Crippen LogP contribution in [-0.4, -0.2) is 33.3 Å². The Morgan fingerprint density at radius 3 is 2.77 bits per heavy atom. The van der Waals surface area contributed by atoms with Crippen LogP contribution in [0.5, 0.6) is 5.75 Å². The van der Waals surface area contributed by atoms with Gasteiger partial charge in [-0.05, 0) is 43.5 Å². The number of nitrogens with two attached hydrogens (primary N) is 1. The summed E-state index contributed by atoms with van der Waals surface area (Å²) in [5.74, 6) is 1.01. The van der Waals surface area contributed by atoms with E-state index in [1.165, 1.54) is 6.20 Å². The van der Waals surface area contributed by atoms with Gasteiger partial charge in [-0.1, -0.05) is 25.4 Å². The summed E-state index contributed by atoms with van der Waals surface area (Å²) < 4.78 is 5.79. The van der Waals surface area contributed by atoms with Crippen LogP contribution in [0, 0.1) is 5.92 Å². The number of carboxylic acid groups (broad SMARTS) is 1. The van der Waals surface area contributed by atoms with Gasteiger partial charge in [0.05, 0.1) is 10.7 Å². The van der Waals surface area contributed by atoms with Crippen LogP contribution in [0.3, 0.4) is 0 Å². The second kappa shape index (κ2) is 8.33. The lowest BCUT2D eigenvalue weighted by atomic mass is 9.93. The van der Waals surface area contributed by atoms with Crippen LogP contribution in [-0.2, 0) is 0 Å². The van der Waals surface area contributed by atoms with Gasteiger partial charge in [0.25, 0.3) is 0 Å². The van der Waals surface area contributed by atoms with Gasteiger partial charge in [0.1, 0.15) is 12.4 Å². The van der Waals surface area contributed by atoms with E-state index < -0.39 is 11.6 Å².